The molecule has 0 aliphatic heterocycles. The minimum Gasteiger partial charge on any atom is -0.395 e. The van der Waals surface area contributed by atoms with Crippen LogP contribution < -0.4 is 0 Å². The molecule has 0 rings (SSSR count). The third-order valence-electron chi connectivity index (χ3n) is 3.30. The topological polar surface area (TPSA) is 40.5 Å². The quantitative estimate of drug-likeness (QED) is 0.518. The molecule has 0 aromatic carbocycles. The van der Waals surface area contributed by atoms with Gasteiger partial charge in [-0.25, -0.2) is 0 Å². The van der Waals surface area contributed by atoms with Gasteiger partial charge < -0.3 is 10.0 Å². The zero-order chi connectivity index (χ0) is 16.3. The molecule has 0 aromatic heterocycles. The van der Waals surface area contributed by atoms with Crippen molar-refractivity contribution in [3.05, 3.63) is 34.9 Å². The molecule has 0 aromatic rings. The number of hydrogen-bond donors (Lipinski definition) is 1. The summed E-state index contributed by atoms with van der Waals surface area (Å²) < 4.78 is 0. The highest BCUT2D eigenvalue weighted by atomic mass is 16.3. The number of aliphatic hydroxyl groups excluding tert-OH is 1. The second-order valence-corrected chi connectivity index (χ2v) is 5.88. The first-order valence-electron chi connectivity index (χ1n) is 7.69. The van der Waals surface area contributed by atoms with E-state index < -0.39 is 0 Å². The molecule has 0 aliphatic carbocycles. The van der Waals surface area contributed by atoms with Crippen molar-refractivity contribution in [1.29, 1.82) is 0 Å². The maximum absolute atomic E-state index is 11.8. The van der Waals surface area contributed by atoms with Crippen LogP contribution in [0.5, 0.6) is 0 Å². The van der Waals surface area contributed by atoms with Crippen LogP contribution in [0.4, 0.5) is 0 Å². The minimum absolute atomic E-state index is 0.00272. The Hall–Kier alpha value is -1.35. The van der Waals surface area contributed by atoms with E-state index in [1.54, 1.807) is 13.1 Å². The van der Waals surface area contributed by atoms with Crippen LogP contribution in [-0.4, -0.2) is 36.1 Å². The van der Waals surface area contributed by atoms with Crippen molar-refractivity contribution in [2.75, 3.05) is 20.2 Å². The molecule has 1 amide bonds. The van der Waals surface area contributed by atoms with E-state index in [1.807, 2.05) is 6.92 Å². The Kier molecular flexibility index (Phi) is 10.6. The van der Waals surface area contributed by atoms with Crippen molar-refractivity contribution in [3.63, 3.8) is 0 Å². The summed E-state index contributed by atoms with van der Waals surface area (Å²) in [6.45, 7) is 8.78. The van der Waals surface area contributed by atoms with Crippen molar-refractivity contribution in [3.8, 4) is 0 Å². The fourth-order valence-electron chi connectivity index (χ4n) is 1.89. The molecular weight excluding hydrogens is 262 g/mol. The van der Waals surface area contributed by atoms with Crippen LogP contribution in [0.2, 0.25) is 0 Å². The molecule has 0 atom stereocenters. The molecule has 0 fully saturated rings. The average Bonchev–Trinajstić information content (AvgIpc) is 2.38. The predicted molar refractivity (Wildman–Crippen MR) is 90.1 cm³/mol. The molecule has 0 spiro atoms. The van der Waals surface area contributed by atoms with Crippen molar-refractivity contribution in [1.82, 2.24) is 4.90 Å². The van der Waals surface area contributed by atoms with Crippen LogP contribution in [0, 0.1) is 0 Å². The van der Waals surface area contributed by atoms with E-state index >= 15 is 0 Å². The average molecular weight is 293 g/mol. The molecule has 0 saturated carbocycles. The lowest BCUT2D eigenvalue weighted by molar-refractivity contribution is -0.125. The van der Waals surface area contributed by atoms with E-state index in [0.29, 0.717) is 6.54 Å². The number of amides is 1. The highest BCUT2D eigenvalue weighted by Gasteiger charge is 2.04. The van der Waals surface area contributed by atoms with Crippen LogP contribution in [0.15, 0.2) is 34.9 Å². The van der Waals surface area contributed by atoms with Gasteiger partial charge in [-0.3, -0.25) is 4.79 Å². The Labute approximate surface area is 130 Å². The fourth-order valence-corrected chi connectivity index (χ4v) is 1.89. The molecular formula is C18H31NO2. The van der Waals surface area contributed by atoms with E-state index in [2.05, 4.69) is 32.9 Å². The first-order valence-corrected chi connectivity index (χ1v) is 7.69. The Balaban J connectivity index is 4.14. The van der Waals surface area contributed by atoms with Gasteiger partial charge in [0.25, 0.3) is 0 Å². The summed E-state index contributed by atoms with van der Waals surface area (Å²) in [7, 11) is 1.70. The molecule has 21 heavy (non-hydrogen) atoms. The predicted octanol–water partition coefficient (Wildman–Crippen LogP) is 3.86. The molecule has 120 valence electrons. The number of aliphatic hydroxyl groups is 1. The lowest BCUT2D eigenvalue weighted by Crippen LogP contribution is -2.27. The van der Waals surface area contributed by atoms with Crippen molar-refractivity contribution in [2.24, 2.45) is 0 Å². The van der Waals surface area contributed by atoms with E-state index in [1.165, 1.54) is 16.0 Å². The van der Waals surface area contributed by atoms with Gasteiger partial charge >= 0.3 is 0 Å². The van der Waals surface area contributed by atoms with E-state index in [9.17, 15) is 4.79 Å². The van der Waals surface area contributed by atoms with E-state index in [4.69, 9.17) is 5.11 Å². The van der Waals surface area contributed by atoms with Gasteiger partial charge in [0.1, 0.15) is 0 Å². The molecule has 3 heteroatoms. The van der Waals surface area contributed by atoms with Crippen LogP contribution in [0.25, 0.3) is 0 Å². The molecule has 0 unspecified atom stereocenters. The Morgan fingerprint density at radius 1 is 1.00 bits per heavy atom. The number of carbonyl (C=O) groups is 1. The van der Waals surface area contributed by atoms with E-state index in [-0.39, 0.29) is 12.5 Å². The summed E-state index contributed by atoms with van der Waals surface area (Å²) in [5.41, 5.74) is 3.86. The monoisotopic (exact) mass is 293 g/mol. The van der Waals surface area contributed by atoms with Crippen LogP contribution in [0.3, 0.4) is 0 Å². The Morgan fingerprint density at radius 2 is 1.57 bits per heavy atom. The summed E-state index contributed by atoms with van der Waals surface area (Å²) in [5.74, 6) is -0.0363. The molecule has 3 nitrogen and oxygen atoms in total. The van der Waals surface area contributed by atoms with E-state index in [0.717, 1.165) is 31.3 Å². The van der Waals surface area contributed by atoms with Crippen molar-refractivity contribution >= 4 is 5.91 Å². The van der Waals surface area contributed by atoms with Crippen molar-refractivity contribution in [2.45, 2.75) is 53.4 Å². The zero-order valence-electron chi connectivity index (χ0n) is 14.3. The summed E-state index contributed by atoms with van der Waals surface area (Å²) in [5, 5.41) is 8.80. The molecule has 0 heterocycles. The van der Waals surface area contributed by atoms with Gasteiger partial charge in [-0.15, -0.1) is 0 Å². The van der Waals surface area contributed by atoms with Gasteiger partial charge in [-0.2, -0.15) is 0 Å². The number of carbonyl (C=O) groups excluding carboxylic acids is 1. The van der Waals surface area contributed by atoms with Gasteiger partial charge in [-0.1, -0.05) is 28.9 Å². The maximum atomic E-state index is 11.8. The second kappa shape index (κ2) is 11.3. The van der Waals surface area contributed by atoms with Crippen LogP contribution in [0.1, 0.15) is 53.4 Å². The first kappa shape index (κ1) is 19.7. The number of hydrogen-bond acceptors (Lipinski definition) is 2. The Bertz CT molecular complexity index is 401. The van der Waals surface area contributed by atoms with Gasteiger partial charge in [-0.05, 0) is 53.4 Å². The molecule has 0 radical (unpaired) electrons. The standard InChI is InChI=1S/C18H31NO2/c1-15(2)8-6-9-16(3)10-7-11-17(4)14-18(21)19(5)12-13-20/h8,10,14,20H,6-7,9,11-13H2,1-5H3/b16-10+,17-14+. The van der Waals surface area contributed by atoms with Crippen LogP contribution >= 0.6 is 0 Å². The lowest BCUT2D eigenvalue weighted by Gasteiger charge is -2.13. The van der Waals surface area contributed by atoms with Gasteiger partial charge in [0.05, 0.1) is 6.61 Å². The lowest BCUT2D eigenvalue weighted by atomic mass is 10.1. The molecule has 1 N–H and O–H groups in total. The normalized spacial score (nSPS) is 12.3. The van der Waals surface area contributed by atoms with Gasteiger partial charge in [0.2, 0.25) is 5.91 Å². The van der Waals surface area contributed by atoms with Crippen molar-refractivity contribution < 1.29 is 9.90 Å². The highest BCUT2D eigenvalue weighted by Crippen LogP contribution is 2.11. The smallest absolute Gasteiger partial charge is 0.246 e. The summed E-state index contributed by atoms with van der Waals surface area (Å²) >= 11 is 0. The van der Waals surface area contributed by atoms with Gasteiger partial charge in [0.15, 0.2) is 0 Å². The van der Waals surface area contributed by atoms with Crippen LogP contribution in [-0.2, 0) is 4.79 Å². The number of likely N-dealkylation sites (N-methyl/N-ethyl adjacent to an activating group) is 1. The summed E-state index contributed by atoms with van der Waals surface area (Å²) in [6.07, 6.45) is 10.3. The first-order chi connectivity index (χ1) is 9.86. The largest absolute Gasteiger partial charge is 0.395 e. The SMILES string of the molecule is CC(C)=CCC/C(C)=C/CC/C(C)=C/C(=O)N(C)CCO. The molecule has 0 aliphatic rings. The third kappa shape index (κ3) is 11.0. The summed E-state index contributed by atoms with van der Waals surface area (Å²) in [4.78, 5) is 13.3. The highest BCUT2D eigenvalue weighted by molar-refractivity contribution is 5.88. The number of allylic oxidation sites excluding steroid dienone is 5. The summed E-state index contributed by atoms with van der Waals surface area (Å²) in [6, 6.07) is 0. The second-order valence-electron chi connectivity index (χ2n) is 5.88. The molecule has 0 bridgehead atoms. The minimum atomic E-state index is -0.0363. The van der Waals surface area contributed by atoms with Gasteiger partial charge in [0, 0.05) is 19.7 Å². The fraction of sp³-hybridized carbons (Fsp3) is 0.611. The zero-order valence-corrected chi connectivity index (χ0v) is 14.3. The number of nitrogens with zero attached hydrogens (tertiary/aromatic N) is 1. The third-order valence-corrected chi connectivity index (χ3v) is 3.30. The maximum Gasteiger partial charge on any atom is 0.246 e. The Morgan fingerprint density at radius 3 is 2.14 bits per heavy atom. The number of rotatable bonds is 9. The molecule has 0 saturated heterocycles.